The molecule has 0 aliphatic heterocycles. The molecule has 0 saturated heterocycles. The second-order valence-corrected chi connectivity index (χ2v) is 5.74. The topological polar surface area (TPSA) is 25.8 Å². The Morgan fingerprint density at radius 2 is 1.67 bits per heavy atom. The average Bonchev–Trinajstić information content (AvgIpc) is 2.28. The number of benzene rings is 1. The van der Waals surface area contributed by atoms with Crippen LogP contribution in [0.2, 0.25) is 0 Å². The maximum absolute atomic E-state index is 4.43. The molecule has 18 heavy (non-hydrogen) atoms. The Hall–Kier alpha value is -1.70. The van der Waals surface area contributed by atoms with E-state index in [0.717, 1.165) is 17.9 Å². The fourth-order valence-electron chi connectivity index (χ4n) is 1.89. The SMILES string of the molecule is Cc1ccnc(Cc2ccc(C(C)(C)C)cc2)n1. The fourth-order valence-corrected chi connectivity index (χ4v) is 1.89. The van der Waals surface area contributed by atoms with Crippen LogP contribution < -0.4 is 0 Å². The zero-order chi connectivity index (χ0) is 13.2. The Balaban J connectivity index is 2.16. The highest BCUT2D eigenvalue weighted by Gasteiger charge is 2.12. The molecule has 0 amide bonds. The third kappa shape index (κ3) is 3.16. The van der Waals surface area contributed by atoms with E-state index in [1.165, 1.54) is 11.1 Å². The molecule has 0 bridgehead atoms. The summed E-state index contributed by atoms with van der Waals surface area (Å²) >= 11 is 0. The van der Waals surface area contributed by atoms with Gasteiger partial charge in [0.05, 0.1) is 0 Å². The van der Waals surface area contributed by atoms with Gasteiger partial charge in [-0.3, -0.25) is 0 Å². The molecule has 94 valence electrons. The van der Waals surface area contributed by atoms with Gasteiger partial charge in [0.1, 0.15) is 5.82 Å². The minimum absolute atomic E-state index is 0.207. The number of hydrogen-bond donors (Lipinski definition) is 0. The highest BCUT2D eigenvalue weighted by molar-refractivity contribution is 5.29. The number of hydrogen-bond acceptors (Lipinski definition) is 2. The van der Waals surface area contributed by atoms with Gasteiger partial charge in [-0.2, -0.15) is 0 Å². The lowest BCUT2D eigenvalue weighted by Gasteiger charge is -2.19. The predicted octanol–water partition coefficient (Wildman–Crippen LogP) is 3.67. The van der Waals surface area contributed by atoms with Gasteiger partial charge in [0.15, 0.2) is 0 Å². The van der Waals surface area contributed by atoms with Gasteiger partial charge in [0.2, 0.25) is 0 Å². The molecule has 0 fully saturated rings. The minimum Gasteiger partial charge on any atom is -0.241 e. The minimum atomic E-state index is 0.207. The lowest BCUT2D eigenvalue weighted by atomic mass is 9.86. The van der Waals surface area contributed by atoms with Gasteiger partial charge in [-0.1, -0.05) is 45.0 Å². The van der Waals surface area contributed by atoms with Crippen LogP contribution in [0.1, 0.15) is 43.4 Å². The van der Waals surface area contributed by atoms with Crippen molar-refractivity contribution >= 4 is 0 Å². The van der Waals surface area contributed by atoms with E-state index in [1.54, 1.807) is 0 Å². The number of aryl methyl sites for hydroxylation is 1. The molecule has 0 saturated carbocycles. The van der Waals surface area contributed by atoms with E-state index < -0.39 is 0 Å². The molecule has 2 nitrogen and oxygen atoms in total. The lowest BCUT2D eigenvalue weighted by Crippen LogP contribution is -2.10. The van der Waals surface area contributed by atoms with E-state index in [4.69, 9.17) is 0 Å². The van der Waals surface area contributed by atoms with E-state index in [0.29, 0.717) is 0 Å². The van der Waals surface area contributed by atoms with Crippen LogP contribution in [0.3, 0.4) is 0 Å². The zero-order valence-corrected chi connectivity index (χ0v) is 11.6. The van der Waals surface area contributed by atoms with Gasteiger partial charge in [0, 0.05) is 18.3 Å². The highest BCUT2D eigenvalue weighted by Crippen LogP contribution is 2.22. The third-order valence-corrected chi connectivity index (χ3v) is 3.03. The first-order chi connectivity index (χ1) is 8.45. The predicted molar refractivity (Wildman–Crippen MR) is 74.7 cm³/mol. The van der Waals surface area contributed by atoms with Crippen molar-refractivity contribution in [3.8, 4) is 0 Å². The molecule has 0 atom stereocenters. The molecule has 1 heterocycles. The van der Waals surface area contributed by atoms with E-state index in [9.17, 15) is 0 Å². The van der Waals surface area contributed by atoms with Crippen molar-refractivity contribution in [2.24, 2.45) is 0 Å². The molecular weight excluding hydrogens is 220 g/mol. The maximum Gasteiger partial charge on any atom is 0.132 e. The van der Waals surface area contributed by atoms with Crippen molar-refractivity contribution in [3.63, 3.8) is 0 Å². The Bertz CT molecular complexity index is 522. The van der Waals surface area contributed by atoms with E-state index >= 15 is 0 Å². The maximum atomic E-state index is 4.43. The summed E-state index contributed by atoms with van der Waals surface area (Å²) in [6, 6.07) is 10.7. The lowest BCUT2D eigenvalue weighted by molar-refractivity contribution is 0.590. The molecule has 0 radical (unpaired) electrons. The number of aromatic nitrogens is 2. The van der Waals surface area contributed by atoms with Crippen molar-refractivity contribution < 1.29 is 0 Å². The van der Waals surface area contributed by atoms with Crippen LogP contribution in [0.5, 0.6) is 0 Å². The molecule has 0 aliphatic carbocycles. The van der Waals surface area contributed by atoms with Gasteiger partial charge >= 0.3 is 0 Å². The molecule has 2 heteroatoms. The van der Waals surface area contributed by atoms with E-state index in [2.05, 4.69) is 55.0 Å². The van der Waals surface area contributed by atoms with Crippen molar-refractivity contribution in [3.05, 3.63) is 59.2 Å². The quantitative estimate of drug-likeness (QED) is 0.800. The Labute approximate surface area is 109 Å². The zero-order valence-electron chi connectivity index (χ0n) is 11.6. The van der Waals surface area contributed by atoms with Crippen molar-refractivity contribution in [1.82, 2.24) is 9.97 Å². The van der Waals surface area contributed by atoms with Gasteiger partial charge in [-0.05, 0) is 29.5 Å². The molecule has 0 unspecified atom stereocenters. The fraction of sp³-hybridized carbons (Fsp3) is 0.375. The second-order valence-electron chi connectivity index (χ2n) is 5.74. The first-order valence-corrected chi connectivity index (χ1v) is 6.33. The van der Waals surface area contributed by atoms with Crippen LogP contribution in [0.25, 0.3) is 0 Å². The van der Waals surface area contributed by atoms with Crippen LogP contribution in [0.4, 0.5) is 0 Å². The van der Waals surface area contributed by atoms with Crippen LogP contribution >= 0.6 is 0 Å². The summed E-state index contributed by atoms with van der Waals surface area (Å²) in [5, 5.41) is 0. The standard InChI is InChI=1S/C16H20N2/c1-12-9-10-17-15(18-12)11-13-5-7-14(8-6-13)16(2,3)4/h5-10H,11H2,1-4H3. The smallest absolute Gasteiger partial charge is 0.132 e. The van der Waals surface area contributed by atoms with Crippen LogP contribution in [0, 0.1) is 6.92 Å². The molecule has 0 spiro atoms. The van der Waals surface area contributed by atoms with E-state index in [1.807, 2.05) is 19.2 Å². The third-order valence-electron chi connectivity index (χ3n) is 3.03. The van der Waals surface area contributed by atoms with Crippen LogP contribution in [-0.2, 0) is 11.8 Å². The molecule has 1 aromatic carbocycles. The van der Waals surface area contributed by atoms with E-state index in [-0.39, 0.29) is 5.41 Å². The summed E-state index contributed by atoms with van der Waals surface area (Å²) in [5.74, 6) is 0.888. The summed E-state index contributed by atoms with van der Waals surface area (Å²) in [5.41, 5.74) is 3.84. The summed E-state index contributed by atoms with van der Waals surface area (Å²) in [4.78, 5) is 8.72. The molecule has 1 aromatic heterocycles. The van der Waals surface area contributed by atoms with Gasteiger partial charge in [0.25, 0.3) is 0 Å². The summed E-state index contributed by atoms with van der Waals surface area (Å²) < 4.78 is 0. The highest BCUT2D eigenvalue weighted by atomic mass is 14.9. The number of nitrogens with zero attached hydrogens (tertiary/aromatic N) is 2. The Kier molecular flexibility index (Phi) is 3.46. The first kappa shape index (κ1) is 12.7. The molecule has 2 rings (SSSR count). The second kappa shape index (κ2) is 4.89. The Morgan fingerprint density at radius 1 is 1.00 bits per heavy atom. The summed E-state index contributed by atoms with van der Waals surface area (Å²) in [7, 11) is 0. The molecule has 0 N–H and O–H groups in total. The van der Waals surface area contributed by atoms with Gasteiger partial charge in [-0.25, -0.2) is 9.97 Å². The molecule has 2 aromatic rings. The summed E-state index contributed by atoms with van der Waals surface area (Å²) in [6.07, 6.45) is 2.62. The van der Waals surface area contributed by atoms with Crippen LogP contribution in [0.15, 0.2) is 36.5 Å². The molecular formula is C16H20N2. The monoisotopic (exact) mass is 240 g/mol. The Morgan fingerprint density at radius 3 is 2.22 bits per heavy atom. The average molecular weight is 240 g/mol. The van der Waals surface area contributed by atoms with Crippen molar-refractivity contribution in [1.29, 1.82) is 0 Å². The summed E-state index contributed by atoms with van der Waals surface area (Å²) in [6.45, 7) is 8.68. The van der Waals surface area contributed by atoms with Crippen molar-refractivity contribution in [2.45, 2.75) is 39.5 Å². The van der Waals surface area contributed by atoms with Gasteiger partial charge < -0.3 is 0 Å². The molecule has 0 aliphatic rings. The van der Waals surface area contributed by atoms with Gasteiger partial charge in [-0.15, -0.1) is 0 Å². The van der Waals surface area contributed by atoms with Crippen LogP contribution in [-0.4, -0.2) is 9.97 Å². The first-order valence-electron chi connectivity index (χ1n) is 6.33. The van der Waals surface area contributed by atoms with Crippen molar-refractivity contribution in [2.75, 3.05) is 0 Å². The largest absolute Gasteiger partial charge is 0.241 e. The number of rotatable bonds is 2. The normalized spacial score (nSPS) is 11.6.